The highest BCUT2D eigenvalue weighted by Gasteiger charge is 2.56. The monoisotopic (exact) mass is 450 g/mol. The maximum absolute atomic E-state index is 15.6. The lowest BCUT2D eigenvalue weighted by Gasteiger charge is -2.24. The molecule has 11 heteroatoms. The van der Waals surface area contributed by atoms with E-state index in [-0.39, 0.29) is 24.6 Å². The summed E-state index contributed by atoms with van der Waals surface area (Å²) in [5, 5.41) is 20.9. The van der Waals surface area contributed by atoms with Crippen LogP contribution in [0.1, 0.15) is 30.1 Å². The molecule has 1 aliphatic carbocycles. The fraction of sp³-hybridized carbons (Fsp3) is 0.409. The van der Waals surface area contributed by atoms with E-state index in [0.717, 1.165) is 11.1 Å². The molecule has 3 aromatic rings. The molecule has 3 N–H and O–H groups in total. The van der Waals surface area contributed by atoms with Crippen LogP contribution in [0.15, 0.2) is 30.9 Å². The number of likely N-dealkylation sites (tertiary alicyclic amines) is 1. The summed E-state index contributed by atoms with van der Waals surface area (Å²) in [6, 6.07) is 3.09. The maximum Gasteiger partial charge on any atom is 0.252 e. The predicted octanol–water partition coefficient (Wildman–Crippen LogP) is 1.49. The van der Waals surface area contributed by atoms with Crippen molar-refractivity contribution in [2.24, 2.45) is 18.2 Å². The lowest BCUT2D eigenvalue weighted by molar-refractivity contribution is -0.134. The van der Waals surface area contributed by atoms with Gasteiger partial charge < -0.3 is 16.0 Å². The van der Waals surface area contributed by atoms with Crippen LogP contribution in [0.5, 0.6) is 0 Å². The van der Waals surface area contributed by atoms with Gasteiger partial charge in [0.25, 0.3) is 5.91 Å². The normalized spacial score (nSPS) is 23.5. The third kappa shape index (κ3) is 3.38. The van der Waals surface area contributed by atoms with Gasteiger partial charge in [0, 0.05) is 37.1 Å². The molecule has 1 saturated carbocycles. The Labute approximate surface area is 188 Å². The minimum atomic E-state index is -1.78. The number of amides is 2. The number of carbonyl (C=O) groups excluding carboxylic acids is 2. The highest BCUT2D eigenvalue weighted by atomic mass is 19.1. The lowest BCUT2D eigenvalue weighted by atomic mass is 10.0. The van der Waals surface area contributed by atoms with Crippen LogP contribution in [0.3, 0.4) is 0 Å². The highest BCUT2D eigenvalue weighted by molar-refractivity contribution is 6.02. The number of carbonyl (C=O) groups is 2. The van der Waals surface area contributed by atoms with Crippen molar-refractivity contribution >= 4 is 23.0 Å². The number of halogens is 1. The lowest BCUT2D eigenvalue weighted by Crippen LogP contribution is -2.40. The second-order valence-electron chi connectivity index (χ2n) is 9.11. The molecule has 3 aromatic heterocycles. The summed E-state index contributed by atoms with van der Waals surface area (Å²) in [7, 11) is 1.81. The fourth-order valence-electron chi connectivity index (χ4n) is 4.41. The number of anilines is 1. The second kappa shape index (κ2) is 7.03. The number of aryl methyl sites for hydroxylation is 1. The van der Waals surface area contributed by atoms with Crippen LogP contribution in [0.2, 0.25) is 0 Å². The molecule has 5 rings (SSSR count). The molecule has 10 nitrogen and oxygen atoms in total. The van der Waals surface area contributed by atoms with E-state index in [9.17, 15) is 14.9 Å². The van der Waals surface area contributed by atoms with Crippen molar-refractivity contribution in [2.45, 2.75) is 31.5 Å². The van der Waals surface area contributed by atoms with Gasteiger partial charge in [-0.05, 0) is 25.8 Å². The van der Waals surface area contributed by atoms with Gasteiger partial charge >= 0.3 is 0 Å². The quantitative estimate of drug-likeness (QED) is 0.605. The number of alkyl halides is 1. The van der Waals surface area contributed by atoms with Gasteiger partial charge in [0.1, 0.15) is 11.1 Å². The van der Waals surface area contributed by atoms with Crippen molar-refractivity contribution in [2.75, 3.05) is 18.4 Å². The average molecular weight is 450 g/mol. The van der Waals surface area contributed by atoms with Crippen LogP contribution < -0.4 is 11.1 Å². The smallest absolute Gasteiger partial charge is 0.252 e. The van der Waals surface area contributed by atoms with E-state index in [4.69, 9.17) is 5.73 Å². The fourth-order valence-corrected chi connectivity index (χ4v) is 4.41. The summed E-state index contributed by atoms with van der Waals surface area (Å²) in [5.41, 5.74) is 5.47. The molecular weight excluding hydrogens is 427 g/mol. The van der Waals surface area contributed by atoms with Crippen molar-refractivity contribution in [1.82, 2.24) is 24.3 Å². The summed E-state index contributed by atoms with van der Waals surface area (Å²) < 4.78 is 18.9. The minimum Gasteiger partial charge on any atom is -0.375 e. The number of nitrogens with two attached hydrogens (primary N) is 1. The van der Waals surface area contributed by atoms with Crippen LogP contribution in [0.4, 0.5) is 10.1 Å². The SMILES string of the molecule is Cn1cc(-c2cc3c(N[C@@H]4CN(C(=O)C5(C#N)CC5)C[C@]4(C)F)c(C(N)=O)cnn3c2)cn1. The standard InChI is InChI=1S/C22H23FN8O2/c1-21(23)12-30(20(33)22(11-24)3-4-22)10-17(21)28-18-15(19(25)32)7-27-31-9-13(5-16(18)31)14-6-26-29(2)8-14/h5-9,17,28H,3-4,10,12H2,1-2H3,(H2,25,32)/t17-,21+/m1/s1. The Kier molecular flexibility index (Phi) is 4.46. The number of nitrogens with one attached hydrogen (secondary N) is 1. The summed E-state index contributed by atoms with van der Waals surface area (Å²) in [6.45, 7) is 1.34. The van der Waals surface area contributed by atoms with E-state index < -0.39 is 23.0 Å². The summed E-state index contributed by atoms with van der Waals surface area (Å²) in [4.78, 5) is 26.4. The molecule has 0 unspecified atom stereocenters. The number of aromatic nitrogens is 4. The van der Waals surface area contributed by atoms with E-state index >= 15 is 4.39 Å². The molecular formula is C22H23FN8O2. The third-order valence-corrected chi connectivity index (χ3v) is 6.55. The topological polar surface area (TPSA) is 134 Å². The number of nitriles is 1. The Morgan fingerprint density at radius 1 is 1.27 bits per heavy atom. The predicted molar refractivity (Wildman–Crippen MR) is 117 cm³/mol. The molecule has 2 amide bonds. The van der Waals surface area contributed by atoms with Crippen LogP contribution >= 0.6 is 0 Å². The van der Waals surface area contributed by atoms with Gasteiger partial charge in [-0.2, -0.15) is 15.5 Å². The van der Waals surface area contributed by atoms with Crippen LogP contribution in [-0.2, 0) is 11.8 Å². The first-order valence-electron chi connectivity index (χ1n) is 10.6. The van der Waals surface area contributed by atoms with Gasteiger partial charge in [0.2, 0.25) is 5.91 Å². The molecule has 0 bridgehead atoms. The molecule has 4 heterocycles. The van der Waals surface area contributed by atoms with Gasteiger partial charge in [-0.3, -0.25) is 14.3 Å². The largest absolute Gasteiger partial charge is 0.375 e. The number of primary amides is 1. The third-order valence-electron chi connectivity index (χ3n) is 6.55. The van der Waals surface area contributed by atoms with Crippen LogP contribution in [-0.4, -0.2) is 60.9 Å². The van der Waals surface area contributed by atoms with Gasteiger partial charge in [0.05, 0.1) is 47.8 Å². The Morgan fingerprint density at radius 3 is 2.64 bits per heavy atom. The van der Waals surface area contributed by atoms with Crippen molar-refractivity contribution in [3.05, 3.63) is 36.4 Å². The van der Waals surface area contributed by atoms with Crippen molar-refractivity contribution in [1.29, 1.82) is 5.26 Å². The van der Waals surface area contributed by atoms with Gasteiger partial charge in [-0.25, -0.2) is 8.91 Å². The molecule has 1 aliphatic heterocycles. The van der Waals surface area contributed by atoms with E-state index in [1.165, 1.54) is 18.0 Å². The van der Waals surface area contributed by atoms with E-state index in [2.05, 4.69) is 21.6 Å². The molecule has 0 radical (unpaired) electrons. The van der Waals surface area contributed by atoms with E-state index in [1.54, 1.807) is 21.6 Å². The zero-order chi connectivity index (χ0) is 23.5. The van der Waals surface area contributed by atoms with E-state index in [0.29, 0.717) is 24.0 Å². The summed E-state index contributed by atoms with van der Waals surface area (Å²) in [6.07, 6.45) is 7.67. The van der Waals surface area contributed by atoms with E-state index in [1.807, 2.05) is 19.3 Å². The molecule has 2 aliphatic rings. The number of hydrogen-bond donors (Lipinski definition) is 2. The number of fused-ring (bicyclic) bond motifs is 1. The first kappa shape index (κ1) is 20.9. The Bertz CT molecular complexity index is 1330. The molecule has 0 spiro atoms. The maximum atomic E-state index is 15.6. The first-order chi connectivity index (χ1) is 15.6. The van der Waals surface area contributed by atoms with Crippen molar-refractivity contribution < 1.29 is 14.0 Å². The zero-order valence-electron chi connectivity index (χ0n) is 18.2. The second-order valence-corrected chi connectivity index (χ2v) is 9.11. The number of nitrogens with zero attached hydrogens (tertiary/aromatic N) is 6. The number of rotatable bonds is 5. The van der Waals surface area contributed by atoms with Gasteiger partial charge in [-0.1, -0.05) is 0 Å². The summed E-state index contributed by atoms with van der Waals surface area (Å²) >= 11 is 0. The average Bonchev–Trinajstić information content (AvgIpc) is 3.08. The molecule has 2 atom stereocenters. The molecule has 0 aromatic carbocycles. The van der Waals surface area contributed by atoms with Gasteiger partial charge in [-0.15, -0.1) is 0 Å². The van der Waals surface area contributed by atoms with Crippen molar-refractivity contribution in [3.63, 3.8) is 0 Å². The Hall–Kier alpha value is -3.94. The Morgan fingerprint density at radius 2 is 2.03 bits per heavy atom. The zero-order valence-corrected chi connectivity index (χ0v) is 18.2. The summed E-state index contributed by atoms with van der Waals surface area (Å²) in [5.74, 6) is -1.04. The molecule has 170 valence electrons. The molecule has 1 saturated heterocycles. The minimum absolute atomic E-state index is 0.0676. The molecule has 33 heavy (non-hydrogen) atoms. The van der Waals surface area contributed by atoms with Crippen LogP contribution in [0, 0.1) is 16.7 Å². The highest BCUT2D eigenvalue weighted by Crippen LogP contribution is 2.47. The van der Waals surface area contributed by atoms with Crippen molar-refractivity contribution in [3.8, 4) is 17.2 Å². The van der Waals surface area contributed by atoms with Gasteiger partial charge in [0.15, 0.2) is 0 Å². The number of hydrogen-bond acceptors (Lipinski definition) is 6. The first-order valence-corrected chi connectivity index (χ1v) is 10.6. The molecule has 2 fully saturated rings. The Balaban J connectivity index is 1.51. The van der Waals surface area contributed by atoms with Crippen LogP contribution in [0.25, 0.3) is 16.6 Å².